The van der Waals surface area contributed by atoms with E-state index in [9.17, 15) is 0 Å². The first kappa shape index (κ1) is 27.8. The monoisotopic (exact) mass is 600 g/mol. The van der Waals surface area contributed by atoms with Crippen molar-refractivity contribution < 1.29 is 0 Å². The van der Waals surface area contributed by atoms with Crippen molar-refractivity contribution in [2.24, 2.45) is 5.92 Å². The van der Waals surface area contributed by atoms with Crippen molar-refractivity contribution in [3.63, 3.8) is 0 Å². The van der Waals surface area contributed by atoms with Gasteiger partial charge < -0.3 is 0 Å². The number of aryl methyl sites for hydroxylation is 2. The molecule has 0 heteroatoms. The normalized spacial score (nSPS) is 19.1. The first-order valence-electron chi connectivity index (χ1n) is 16.8. The van der Waals surface area contributed by atoms with Crippen LogP contribution in [0.25, 0.3) is 66.1 Å². The molecule has 0 spiro atoms. The van der Waals surface area contributed by atoms with Crippen molar-refractivity contribution in [2.45, 2.75) is 27.2 Å². The Labute approximate surface area is 277 Å². The first-order valence-corrected chi connectivity index (χ1v) is 16.8. The van der Waals surface area contributed by atoms with Gasteiger partial charge in [-0.1, -0.05) is 129 Å². The summed E-state index contributed by atoms with van der Waals surface area (Å²) >= 11 is 0. The van der Waals surface area contributed by atoms with Crippen LogP contribution in [0.1, 0.15) is 45.9 Å². The van der Waals surface area contributed by atoms with Crippen LogP contribution < -0.4 is 0 Å². The SMILES string of the molecule is C=C/C=C1/c2cc3c(-c4ccc5ccccc5c4)c4c(c(C)c3cc2-c2cccc(C)c21)-c1cccc2c1/C4=C\C(C)/C=C\C=C/C2. The Hall–Kier alpha value is -5.46. The van der Waals surface area contributed by atoms with E-state index in [0.29, 0.717) is 5.92 Å². The lowest BCUT2D eigenvalue weighted by Gasteiger charge is -2.20. The van der Waals surface area contributed by atoms with Crippen LogP contribution in [0, 0.1) is 19.8 Å². The molecule has 224 valence electrons. The number of allylic oxidation sites excluding steroid dienone is 7. The molecule has 0 saturated carbocycles. The molecule has 47 heavy (non-hydrogen) atoms. The second-order valence-corrected chi connectivity index (χ2v) is 13.4. The van der Waals surface area contributed by atoms with Gasteiger partial charge in [-0.3, -0.25) is 0 Å². The van der Waals surface area contributed by atoms with Gasteiger partial charge in [0.05, 0.1) is 0 Å². The number of fused-ring (bicyclic) bond motifs is 8. The number of rotatable bonds is 2. The van der Waals surface area contributed by atoms with Gasteiger partial charge in [0.25, 0.3) is 0 Å². The number of hydrogen-bond acceptors (Lipinski definition) is 0. The van der Waals surface area contributed by atoms with E-state index in [1.54, 1.807) is 0 Å². The van der Waals surface area contributed by atoms with Crippen molar-refractivity contribution in [1.29, 1.82) is 0 Å². The van der Waals surface area contributed by atoms with Crippen LogP contribution in [-0.2, 0) is 6.42 Å². The molecule has 6 aromatic carbocycles. The molecule has 0 N–H and O–H groups in total. The van der Waals surface area contributed by atoms with Crippen molar-refractivity contribution in [3.05, 3.63) is 179 Å². The summed E-state index contributed by atoms with van der Waals surface area (Å²) in [6.45, 7) is 11.0. The molecule has 9 rings (SSSR count). The fraction of sp³-hybridized carbons (Fsp3) is 0.106. The van der Waals surface area contributed by atoms with Gasteiger partial charge in [-0.05, 0) is 149 Å². The van der Waals surface area contributed by atoms with Crippen LogP contribution in [0.2, 0.25) is 0 Å². The lowest BCUT2D eigenvalue weighted by molar-refractivity contribution is 0.941. The Morgan fingerprint density at radius 1 is 0.660 bits per heavy atom. The Balaban J connectivity index is 1.47. The molecule has 3 aliphatic carbocycles. The third kappa shape index (κ3) is 4.08. The summed E-state index contributed by atoms with van der Waals surface area (Å²) in [6, 6.07) is 34.4. The Morgan fingerprint density at radius 2 is 1.47 bits per heavy atom. The summed E-state index contributed by atoms with van der Waals surface area (Å²) in [5, 5.41) is 5.17. The zero-order valence-corrected chi connectivity index (χ0v) is 27.2. The highest BCUT2D eigenvalue weighted by atomic mass is 14.4. The maximum atomic E-state index is 4.12. The molecule has 0 nitrogen and oxygen atoms in total. The molecule has 6 aromatic rings. The van der Waals surface area contributed by atoms with Gasteiger partial charge in [-0.15, -0.1) is 0 Å². The molecule has 3 aliphatic rings. The number of benzene rings is 6. The Bertz CT molecular complexity index is 2470. The summed E-state index contributed by atoms with van der Waals surface area (Å²) in [4.78, 5) is 0. The summed E-state index contributed by atoms with van der Waals surface area (Å²) < 4.78 is 0. The largest absolute Gasteiger partial charge is 0.0990 e. The van der Waals surface area contributed by atoms with Gasteiger partial charge >= 0.3 is 0 Å². The van der Waals surface area contributed by atoms with Crippen molar-refractivity contribution in [3.8, 4) is 33.4 Å². The summed E-state index contributed by atoms with van der Waals surface area (Å²) in [7, 11) is 0. The predicted octanol–water partition coefficient (Wildman–Crippen LogP) is 12.6. The van der Waals surface area contributed by atoms with Crippen LogP contribution in [0.15, 0.2) is 140 Å². The molecular formula is C47H36. The van der Waals surface area contributed by atoms with Gasteiger partial charge in [0.15, 0.2) is 0 Å². The van der Waals surface area contributed by atoms with Crippen LogP contribution in [-0.4, -0.2) is 0 Å². The molecule has 0 aromatic heterocycles. The summed E-state index contributed by atoms with van der Waals surface area (Å²) in [5.74, 6) is 0.291. The average molecular weight is 601 g/mol. The van der Waals surface area contributed by atoms with Crippen LogP contribution in [0.5, 0.6) is 0 Å². The highest BCUT2D eigenvalue weighted by molar-refractivity contribution is 6.19. The standard InChI is InChI=1S/C47H36/c1-5-13-35-40-27-41-38(26-39(40)36-20-11-15-29(3)43(35)36)30(4)44-37-21-12-19-32-17-8-6-7-14-28(2)24-42(45(32)37)47(44)46(41)34-23-22-31-16-9-10-18-33(31)25-34/h5-16,18-28H,1,17H2,2-4H3/b8-6-,14-7-,35-13-,42-24+. The Morgan fingerprint density at radius 3 is 2.34 bits per heavy atom. The smallest absolute Gasteiger partial charge is 0.00141 e. The molecule has 0 fully saturated rings. The van der Waals surface area contributed by atoms with E-state index in [1.807, 2.05) is 6.08 Å². The zero-order chi connectivity index (χ0) is 31.8. The van der Waals surface area contributed by atoms with Gasteiger partial charge in [0, 0.05) is 0 Å². The van der Waals surface area contributed by atoms with Gasteiger partial charge in [-0.2, -0.15) is 0 Å². The van der Waals surface area contributed by atoms with Gasteiger partial charge in [0.1, 0.15) is 0 Å². The van der Waals surface area contributed by atoms with Crippen molar-refractivity contribution in [1.82, 2.24) is 0 Å². The number of hydrogen-bond donors (Lipinski definition) is 0. The minimum Gasteiger partial charge on any atom is -0.0990 e. The third-order valence-electron chi connectivity index (χ3n) is 10.5. The van der Waals surface area contributed by atoms with Crippen LogP contribution in [0.3, 0.4) is 0 Å². The fourth-order valence-electron chi connectivity index (χ4n) is 8.49. The van der Waals surface area contributed by atoms with E-state index in [1.165, 1.54) is 105 Å². The van der Waals surface area contributed by atoms with E-state index in [-0.39, 0.29) is 0 Å². The predicted molar refractivity (Wildman–Crippen MR) is 203 cm³/mol. The lowest BCUT2D eigenvalue weighted by atomic mass is 9.82. The lowest BCUT2D eigenvalue weighted by Crippen LogP contribution is -1.98. The Kier molecular flexibility index (Phi) is 6.24. The highest BCUT2D eigenvalue weighted by Gasteiger charge is 2.34. The minimum atomic E-state index is 0.291. The molecule has 0 aliphatic heterocycles. The maximum absolute atomic E-state index is 4.12. The van der Waals surface area contributed by atoms with E-state index in [2.05, 4.69) is 155 Å². The maximum Gasteiger partial charge on any atom is -0.00141 e. The van der Waals surface area contributed by atoms with E-state index >= 15 is 0 Å². The van der Waals surface area contributed by atoms with E-state index < -0.39 is 0 Å². The van der Waals surface area contributed by atoms with E-state index in [4.69, 9.17) is 0 Å². The molecule has 0 saturated heterocycles. The average Bonchev–Trinajstić information content (AvgIpc) is 3.57. The highest BCUT2D eigenvalue weighted by Crippen LogP contribution is 2.56. The van der Waals surface area contributed by atoms with Crippen molar-refractivity contribution in [2.75, 3.05) is 0 Å². The summed E-state index contributed by atoms with van der Waals surface area (Å²) in [5.41, 5.74) is 20.0. The molecular weight excluding hydrogens is 565 g/mol. The molecule has 0 heterocycles. The minimum absolute atomic E-state index is 0.291. The second kappa shape index (κ2) is 10.5. The quantitative estimate of drug-likeness (QED) is 0.185. The molecule has 1 unspecified atom stereocenters. The first-order chi connectivity index (χ1) is 23.0. The molecule has 0 bridgehead atoms. The summed E-state index contributed by atoms with van der Waals surface area (Å²) in [6.07, 6.45) is 16.6. The molecule has 0 amide bonds. The van der Waals surface area contributed by atoms with Crippen LogP contribution in [0.4, 0.5) is 0 Å². The molecule has 1 atom stereocenters. The van der Waals surface area contributed by atoms with Crippen molar-refractivity contribution >= 4 is 32.7 Å². The third-order valence-corrected chi connectivity index (χ3v) is 10.5. The zero-order valence-electron chi connectivity index (χ0n) is 27.2. The van der Waals surface area contributed by atoms with Crippen LogP contribution >= 0.6 is 0 Å². The molecule has 0 radical (unpaired) electrons. The van der Waals surface area contributed by atoms with E-state index in [0.717, 1.165) is 6.42 Å². The van der Waals surface area contributed by atoms with Gasteiger partial charge in [-0.25, -0.2) is 0 Å². The second-order valence-electron chi connectivity index (χ2n) is 13.4. The van der Waals surface area contributed by atoms with Gasteiger partial charge in [0.2, 0.25) is 0 Å². The topological polar surface area (TPSA) is 0 Å². The fourth-order valence-corrected chi connectivity index (χ4v) is 8.49.